The highest BCUT2D eigenvalue weighted by atomic mass is 16.2. The number of aryl methyl sites for hydroxylation is 1. The number of rotatable bonds is 1. The second-order valence-corrected chi connectivity index (χ2v) is 7.20. The van der Waals surface area contributed by atoms with E-state index in [1.165, 1.54) is 5.56 Å². The minimum Gasteiger partial charge on any atom is -0.515 e. The summed E-state index contributed by atoms with van der Waals surface area (Å²) in [7, 11) is 0. The lowest BCUT2D eigenvalue weighted by Gasteiger charge is -2.18. The van der Waals surface area contributed by atoms with E-state index in [-0.39, 0.29) is 5.91 Å². The van der Waals surface area contributed by atoms with E-state index >= 15 is 0 Å². The van der Waals surface area contributed by atoms with Gasteiger partial charge in [0.05, 0.1) is 11.7 Å². The zero-order chi connectivity index (χ0) is 17.2. The number of aromatic nitrogens is 1. The Morgan fingerprint density at radius 1 is 1.38 bits per heavy atom. The van der Waals surface area contributed by atoms with Crippen LogP contribution in [0.25, 0.3) is 16.5 Å². The van der Waals surface area contributed by atoms with Gasteiger partial charge in [0.15, 0.2) is 0 Å². The molecule has 2 aromatic rings. The predicted molar refractivity (Wildman–Crippen MR) is 97.4 cm³/mol. The van der Waals surface area contributed by atoms with E-state index in [0.717, 1.165) is 58.1 Å². The zero-order valence-corrected chi connectivity index (χ0v) is 14.4. The standard InChI is InChI=1S/C20H22N2O2/c1-5-22-17-8-14-13-7-6-12(10-23)11(2)18(13)21-16(14)9-15(17)20(3,4)19(22)24/h8-10,21,23H,2,5-7H2,1,3-4H3/b12-10+. The molecule has 124 valence electrons. The molecule has 24 heavy (non-hydrogen) atoms. The number of amides is 1. The summed E-state index contributed by atoms with van der Waals surface area (Å²) >= 11 is 0. The number of hydrogen-bond acceptors (Lipinski definition) is 2. The number of allylic oxidation sites excluding steroid dienone is 2. The Bertz CT molecular complexity index is 931. The van der Waals surface area contributed by atoms with Crippen LogP contribution in [0.5, 0.6) is 0 Å². The molecular weight excluding hydrogens is 300 g/mol. The van der Waals surface area contributed by atoms with Gasteiger partial charge in [0, 0.05) is 28.8 Å². The fourth-order valence-corrected chi connectivity index (χ4v) is 4.12. The Balaban J connectivity index is 1.98. The molecule has 0 saturated heterocycles. The largest absolute Gasteiger partial charge is 0.515 e. The molecule has 0 bridgehead atoms. The summed E-state index contributed by atoms with van der Waals surface area (Å²) < 4.78 is 0. The number of aromatic amines is 1. The lowest BCUT2D eigenvalue weighted by atomic mass is 9.85. The van der Waals surface area contributed by atoms with Crippen LogP contribution in [-0.4, -0.2) is 22.5 Å². The van der Waals surface area contributed by atoms with E-state index in [0.29, 0.717) is 6.54 Å². The summed E-state index contributed by atoms with van der Waals surface area (Å²) in [5.41, 5.74) is 6.62. The molecule has 0 saturated carbocycles. The lowest BCUT2D eigenvalue weighted by Crippen LogP contribution is -2.35. The molecule has 2 N–H and O–H groups in total. The first-order valence-corrected chi connectivity index (χ1v) is 8.44. The van der Waals surface area contributed by atoms with E-state index in [2.05, 4.69) is 23.7 Å². The Hall–Kier alpha value is -2.49. The van der Waals surface area contributed by atoms with Crippen molar-refractivity contribution in [2.24, 2.45) is 0 Å². The molecule has 1 aromatic heterocycles. The van der Waals surface area contributed by atoms with Crippen LogP contribution in [0.4, 0.5) is 5.69 Å². The first-order chi connectivity index (χ1) is 11.4. The van der Waals surface area contributed by atoms with E-state index in [1.54, 1.807) is 0 Å². The topological polar surface area (TPSA) is 56.3 Å². The number of fused-ring (bicyclic) bond motifs is 4. The summed E-state index contributed by atoms with van der Waals surface area (Å²) in [5, 5.41) is 10.5. The lowest BCUT2D eigenvalue weighted by molar-refractivity contribution is -0.122. The molecule has 1 aliphatic heterocycles. The number of hydrogen-bond donors (Lipinski definition) is 2. The summed E-state index contributed by atoms with van der Waals surface area (Å²) in [5.74, 6) is 0.163. The van der Waals surface area contributed by atoms with Crippen molar-refractivity contribution in [2.45, 2.75) is 39.0 Å². The van der Waals surface area contributed by atoms with Gasteiger partial charge in [-0.1, -0.05) is 6.58 Å². The Labute approximate surface area is 141 Å². The van der Waals surface area contributed by atoms with Gasteiger partial charge in [-0.25, -0.2) is 0 Å². The maximum Gasteiger partial charge on any atom is 0.237 e. The van der Waals surface area contributed by atoms with Crippen molar-refractivity contribution in [1.29, 1.82) is 0 Å². The minimum absolute atomic E-state index is 0.163. The molecule has 4 rings (SSSR count). The SMILES string of the molecule is C=C1/C(=C/O)CCc2c1[nH]c1cc3c(cc21)N(CC)C(=O)C3(C)C. The van der Waals surface area contributed by atoms with Gasteiger partial charge in [0.25, 0.3) is 0 Å². The predicted octanol–water partition coefficient (Wildman–Crippen LogP) is 4.21. The van der Waals surface area contributed by atoms with Crippen LogP contribution >= 0.6 is 0 Å². The van der Waals surface area contributed by atoms with Gasteiger partial charge in [-0.15, -0.1) is 0 Å². The van der Waals surface area contributed by atoms with Crippen molar-refractivity contribution in [3.05, 3.63) is 47.4 Å². The Morgan fingerprint density at radius 3 is 2.79 bits per heavy atom. The normalized spacial score (nSPS) is 20.8. The number of carbonyl (C=O) groups is 1. The number of carbonyl (C=O) groups excluding carboxylic acids is 1. The molecule has 1 amide bonds. The zero-order valence-electron chi connectivity index (χ0n) is 14.4. The van der Waals surface area contributed by atoms with Crippen LogP contribution in [0.1, 0.15) is 44.0 Å². The van der Waals surface area contributed by atoms with Crippen molar-refractivity contribution >= 4 is 28.1 Å². The highest BCUT2D eigenvalue weighted by molar-refractivity contribution is 6.10. The van der Waals surface area contributed by atoms with Gasteiger partial charge < -0.3 is 15.0 Å². The van der Waals surface area contributed by atoms with Crippen molar-refractivity contribution < 1.29 is 9.90 Å². The fraction of sp³-hybridized carbons (Fsp3) is 0.350. The van der Waals surface area contributed by atoms with Gasteiger partial charge >= 0.3 is 0 Å². The van der Waals surface area contributed by atoms with Crippen molar-refractivity contribution in [1.82, 2.24) is 4.98 Å². The van der Waals surface area contributed by atoms with Crippen LogP contribution in [0.2, 0.25) is 0 Å². The van der Waals surface area contributed by atoms with Crippen LogP contribution < -0.4 is 4.90 Å². The van der Waals surface area contributed by atoms with E-state index in [4.69, 9.17) is 0 Å². The van der Waals surface area contributed by atoms with Crippen LogP contribution in [-0.2, 0) is 16.6 Å². The Morgan fingerprint density at radius 2 is 2.12 bits per heavy atom. The van der Waals surface area contributed by atoms with Gasteiger partial charge in [0.2, 0.25) is 5.91 Å². The highest BCUT2D eigenvalue weighted by Gasteiger charge is 2.43. The first-order valence-electron chi connectivity index (χ1n) is 8.44. The second-order valence-electron chi connectivity index (χ2n) is 7.20. The molecule has 2 aliphatic rings. The number of anilines is 1. The van der Waals surface area contributed by atoms with Crippen molar-refractivity contribution in [3.8, 4) is 0 Å². The average Bonchev–Trinajstić information content (AvgIpc) is 3.01. The summed E-state index contributed by atoms with van der Waals surface area (Å²) in [6.45, 7) is 10.8. The third-order valence-corrected chi connectivity index (χ3v) is 5.57. The number of aliphatic hydroxyl groups is 1. The van der Waals surface area contributed by atoms with Gasteiger partial charge in [-0.2, -0.15) is 0 Å². The fourth-order valence-electron chi connectivity index (χ4n) is 4.12. The second kappa shape index (κ2) is 4.76. The molecule has 0 atom stereocenters. The first kappa shape index (κ1) is 15.1. The maximum absolute atomic E-state index is 12.7. The minimum atomic E-state index is -0.502. The van der Waals surface area contributed by atoms with E-state index in [1.807, 2.05) is 25.7 Å². The summed E-state index contributed by atoms with van der Waals surface area (Å²) in [4.78, 5) is 18.0. The van der Waals surface area contributed by atoms with Gasteiger partial charge in [-0.05, 0) is 68.0 Å². The smallest absolute Gasteiger partial charge is 0.237 e. The van der Waals surface area contributed by atoms with Crippen LogP contribution in [0.15, 0.2) is 30.5 Å². The maximum atomic E-state index is 12.7. The van der Waals surface area contributed by atoms with Gasteiger partial charge in [-0.3, -0.25) is 4.79 Å². The average molecular weight is 322 g/mol. The molecule has 4 nitrogen and oxygen atoms in total. The molecule has 0 radical (unpaired) electrons. The number of benzene rings is 1. The van der Waals surface area contributed by atoms with Crippen molar-refractivity contribution in [2.75, 3.05) is 11.4 Å². The van der Waals surface area contributed by atoms with Crippen LogP contribution in [0.3, 0.4) is 0 Å². The van der Waals surface area contributed by atoms with Gasteiger partial charge in [0.1, 0.15) is 0 Å². The third kappa shape index (κ3) is 1.71. The summed E-state index contributed by atoms with van der Waals surface area (Å²) in [6, 6.07) is 4.27. The van der Waals surface area contributed by atoms with Crippen LogP contribution in [0, 0.1) is 0 Å². The molecular formula is C20H22N2O2. The number of likely N-dealkylation sites (N-methyl/N-ethyl adjacent to an activating group) is 1. The van der Waals surface area contributed by atoms with Crippen molar-refractivity contribution in [3.63, 3.8) is 0 Å². The number of aliphatic hydroxyl groups excluding tert-OH is 1. The molecule has 4 heteroatoms. The number of H-pyrrole nitrogens is 1. The molecule has 0 fully saturated rings. The highest BCUT2D eigenvalue weighted by Crippen LogP contribution is 2.46. The van der Waals surface area contributed by atoms with E-state index in [9.17, 15) is 9.90 Å². The van der Waals surface area contributed by atoms with E-state index < -0.39 is 5.41 Å². The molecule has 2 heterocycles. The molecule has 1 aliphatic carbocycles. The molecule has 0 unspecified atom stereocenters. The quantitative estimate of drug-likeness (QED) is 0.773. The Kier molecular flexibility index (Phi) is 2.99. The number of nitrogens with zero attached hydrogens (tertiary/aromatic N) is 1. The summed E-state index contributed by atoms with van der Waals surface area (Å²) in [6.07, 6.45) is 2.81. The molecule has 0 spiro atoms. The monoisotopic (exact) mass is 322 g/mol. The molecule has 1 aromatic carbocycles. The number of nitrogens with one attached hydrogen (secondary N) is 1. The third-order valence-electron chi connectivity index (χ3n) is 5.57.